The molecule has 1 atom stereocenters. The standard InChI is InChI=1S/C25H30Cl2N2O3/c1-17(25(31)28-19-7-4-3-5-8-19)29(16-21-22(26)9-6-10-23(21)27)24(30)15-18-11-13-20(32-2)14-12-18/h6,9-14,17,19H,3-5,7-8,15-16H2,1-2H3,(H,28,31)/t17-/m1/s1. The van der Waals surface area contributed by atoms with Crippen molar-refractivity contribution in [2.45, 2.75) is 64.1 Å². The molecule has 0 radical (unpaired) electrons. The lowest BCUT2D eigenvalue weighted by Crippen LogP contribution is -2.50. The van der Waals surface area contributed by atoms with E-state index in [1.54, 1.807) is 37.1 Å². The van der Waals surface area contributed by atoms with Gasteiger partial charge in [0.15, 0.2) is 0 Å². The normalized spacial score (nSPS) is 15.1. The zero-order chi connectivity index (χ0) is 23.1. The molecule has 0 heterocycles. The molecule has 5 nitrogen and oxygen atoms in total. The van der Waals surface area contributed by atoms with Gasteiger partial charge in [-0.05, 0) is 49.6 Å². The summed E-state index contributed by atoms with van der Waals surface area (Å²) in [6, 6.07) is 12.1. The predicted molar refractivity (Wildman–Crippen MR) is 128 cm³/mol. The SMILES string of the molecule is COc1ccc(CC(=O)N(Cc2c(Cl)cccc2Cl)[C@H](C)C(=O)NC2CCCCC2)cc1. The molecular formula is C25H30Cl2N2O3. The average molecular weight is 477 g/mol. The van der Waals surface area contributed by atoms with E-state index in [1.165, 1.54) is 6.42 Å². The van der Waals surface area contributed by atoms with Crippen molar-refractivity contribution in [3.8, 4) is 5.75 Å². The van der Waals surface area contributed by atoms with Crippen LogP contribution in [0, 0.1) is 0 Å². The summed E-state index contributed by atoms with van der Waals surface area (Å²) in [5, 5.41) is 4.08. The molecule has 1 saturated carbocycles. The van der Waals surface area contributed by atoms with E-state index in [2.05, 4.69) is 5.32 Å². The van der Waals surface area contributed by atoms with Crippen LogP contribution in [0.2, 0.25) is 10.0 Å². The number of hydrogen-bond acceptors (Lipinski definition) is 3. The van der Waals surface area contributed by atoms with E-state index in [0.717, 1.165) is 37.0 Å². The van der Waals surface area contributed by atoms with Gasteiger partial charge in [0.25, 0.3) is 0 Å². The van der Waals surface area contributed by atoms with Crippen LogP contribution < -0.4 is 10.1 Å². The molecule has 172 valence electrons. The molecule has 0 aliphatic heterocycles. The summed E-state index contributed by atoms with van der Waals surface area (Å²) >= 11 is 12.7. The van der Waals surface area contributed by atoms with Crippen molar-refractivity contribution >= 4 is 35.0 Å². The smallest absolute Gasteiger partial charge is 0.242 e. The Balaban J connectivity index is 1.80. The number of rotatable bonds is 8. The Morgan fingerprint density at radius 2 is 1.69 bits per heavy atom. The second-order valence-electron chi connectivity index (χ2n) is 8.27. The molecule has 0 saturated heterocycles. The van der Waals surface area contributed by atoms with Gasteiger partial charge in [-0.25, -0.2) is 0 Å². The third-order valence-corrected chi connectivity index (χ3v) is 6.73. The summed E-state index contributed by atoms with van der Waals surface area (Å²) < 4.78 is 5.19. The molecule has 32 heavy (non-hydrogen) atoms. The van der Waals surface area contributed by atoms with Gasteiger partial charge in [-0.1, -0.05) is 60.7 Å². The molecule has 3 rings (SSSR count). The van der Waals surface area contributed by atoms with Crippen molar-refractivity contribution in [1.82, 2.24) is 10.2 Å². The number of benzene rings is 2. The minimum atomic E-state index is -0.657. The van der Waals surface area contributed by atoms with Crippen molar-refractivity contribution < 1.29 is 14.3 Å². The first-order valence-corrected chi connectivity index (χ1v) is 11.8. The van der Waals surface area contributed by atoms with Gasteiger partial charge in [0.1, 0.15) is 11.8 Å². The molecule has 2 amide bonds. The molecule has 7 heteroatoms. The number of carbonyl (C=O) groups is 2. The number of halogens is 2. The summed E-state index contributed by atoms with van der Waals surface area (Å²) in [5.74, 6) is 0.404. The third-order valence-electron chi connectivity index (χ3n) is 6.02. The lowest BCUT2D eigenvalue weighted by Gasteiger charge is -2.31. The Morgan fingerprint density at radius 1 is 1.06 bits per heavy atom. The number of methoxy groups -OCH3 is 1. The zero-order valence-electron chi connectivity index (χ0n) is 18.6. The van der Waals surface area contributed by atoms with E-state index in [4.69, 9.17) is 27.9 Å². The highest BCUT2D eigenvalue weighted by atomic mass is 35.5. The van der Waals surface area contributed by atoms with Crippen LogP contribution in [-0.2, 0) is 22.6 Å². The van der Waals surface area contributed by atoms with Crippen LogP contribution in [-0.4, -0.2) is 35.9 Å². The van der Waals surface area contributed by atoms with E-state index in [-0.39, 0.29) is 30.8 Å². The van der Waals surface area contributed by atoms with Gasteiger partial charge in [-0.2, -0.15) is 0 Å². The maximum absolute atomic E-state index is 13.4. The number of nitrogens with one attached hydrogen (secondary N) is 1. The monoisotopic (exact) mass is 476 g/mol. The van der Waals surface area contributed by atoms with Crippen molar-refractivity contribution in [3.05, 3.63) is 63.6 Å². The minimum absolute atomic E-state index is 0.150. The molecule has 0 aromatic heterocycles. The Kier molecular flexibility index (Phi) is 8.83. The molecular weight excluding hydrogens is 447 g/mol. The Morgan fingerprint density at radius 3 is 2.28 bits per heavy atom. The zero-order valence-corrected chi connectivity index (χ0v) is 20.1. The molecule has 0 unspecified atom stereocenters. The number of ether oxygens (including phenoxy) is 1. The van der Waals surface area contributed by atoms with Gasteiger partial charge in [0.05, 0.1) is 13.5 Å². The number of amides is 2. The van der Waals surface area contributed by atoms with Crippen LogP contribution in [0.1, 0.15) is 50.2 Å². The summed E-state index contributed by atoms with van der Waals surface area (Å²) in [7, 11) is 1.60. The predicted octanol–water partition coefficient (Wildman–Crippen LogP) is 5.41. The first-order chi connectivity index (χ1) is 15.4. The van der Waals surface area contributed by atoms with Gasteiger partial charge in [0.2, 0.25) is 11.8 Å². The molecule has 1 fully saturated rings. The van der Waals surface area contributed by atoms with Crippen molar-refractivity contribution in [3.63, 3.8) is 0 Å². The summed E-state index contributed by atoms with van der Waals surface area (Å²) in [6.07, 6.45) is 5.57. The first-order valence-electron chi connectivity index (χ1n) is 11.0. The molecule has 0 spiro atoms. The summed E-state index contributed by atoms with van der Waals surface area (Å²) in [5.41, 5.74) is 1.47. The van der Waals surface area contributed by atoms with Crippen LogP contribution in [0.25, 0.3) is 0 Å². The lowest BCUT2D eigenvalue weighted by molar-refractivity contribution is -0.140. The maximum Gasteiger partial charge on any atom is 0.242 e. The molecule has 0 bridgehead atoms. The third kappa shape index (κ3) is 6.39. The lowest BCUT2D eigenvalue weighted by atomic mass is 9.95. The average Bonchev–Trinajstić information content (AvgIpc) is 2.79. The van der Waals surface area contributed by atoms with E-state index in [0.29, 0.717) is 15.6 Å². The quantitative estimate of drug-likeness (QED) is 0.553. The maximum atomic E-state index is 13.4. The number of carbonyl (C=O) groups excluding carboxylic acids is 2. The van der Waals surface area contributed by atoms with Crippen molar-refractivity contribution in [1.29, 1.82) is 0 Å². The van der Waals surface area contributed by atoms with Gasteiger partial charge in [-0.3, -0.25) is 9.59 Å². The second kappa shape index (κ2) is 11.6. The highest BCUT2D eigenvalue weighted by Gasteiger charge is 2.29. The highest BCUT2D eigenvalue weighted by molar-refractivity contribution is 6.36. The number of hydrogen-bond donors (Lipinski definition) is 1. The van der Waals surface area contributed by atoms with E-state index in [1.807, 2.05) is 24.3 Å². The van der Waals surface area contributed by atoms with E-state index >= 15 is 0 Å². The molecule has 1 aliphatic carbocycles. The van der Waals surface area contributed by atoms with E-state index < -0.39 is 6.04 Å². The Labute approximate surface area is 200 Å². The summed E-state index contributed by atoms with van der Waals surface area (Å²) in [6.45, 7) is 1.92. The van der Waals surface area contributed by atoms with Gasteiger partial charge >= 0.3 is 0 Å². The second-order valence-corrected chi connectivity index (χ2v) is 9.08. The Bertz CT molecular complexity index is 907. The van der Waals surface area contributed by atoms with Gasteiger partial charge in [0, 0.05) is 28.2 Å². The van der Waals surface area contributed by atoms with Gasteiger partial charge in [-0.15, -0.1) is 0 Å². The highest BCUT2D eigenvalue weighted by Crippen LogP contribution is 2.27. The van der Waals surface area contributed by atoms with Crippen molar-refractivity contribution in [2.24, 2.45) is 0 Å². The molecule has 1 N–H and O–H groups in total. The fourth-order valence-corrected chi connectivity index (χ4v) is 4.54. The fourth-order valence-electron chi connectivity index (χ4n) is 4.02. The molecule has 2 aromatic carbocycles. The fraction of sp³-hybridized carbons (Fsp3) is 0.440. The molecule has 1 aliphatic rings. The molecule has 2 aromatic rings. The first kappa shape index (κ1) is 24.4. The number of nitrogens with zero attached hydrogens (tertiary/aromatic N) is 1. The topological polar surface area (TPSA) is 58.6 Å². The largest absolute Gasteiger partial charge is 0.497 e. The van der Waals surface area contributed by atoms with Crippen LogP contribution >= 0.6 is 23.2 Å². The van der Waals surface area contributed by atoms with Crippen LogP contribution in [0.4, 0.5) is 0 Å². The van der Waals surface area contributed by atoms with Crippen LogP contribution in [0.5, 0.6) is 5.75 Å². The minimum Gasteiger partial charge on any atom is -0.497 e. The van der Waals surface area contributed by atoms with E-state index in [9.17, 15) is 9.59 Å². The van der Waals surface area contributed by atoms with Crippen molar-refractivity contribution in [2.75, 3.05) is 7.11 Å². The van der Waals surface area contributed by atoms with Gasteiger partial charge < -0.3 is 15.0 Å². The Hall–Kier alpha value is -2.24. The summed E-state index contributed by atoms with van der Waals surface area (Å²) in [4.78, 5) is 28.0. The van der Waals surface area contributed by atoms with Crippen LogP contribution in [0.3, 0.4) is 0 Å². The van der Waals surface area contributed by atoms with Crippen LogP contribution in [0.15, 0.2) is 42.5 Å².